The zero-order valence-corrected chi connectivity index (χ0v) is 10.8. The van der Waals surface area contributed by atoms with Crippen molar-refractivity contribution < 1.29 is 14.3 Å². The van der Waals surface area contributed by atoms with E-state index in [-0.39, 0.29) is 17.3 Å². The molecule has 18 heavy (non-hydrogen) atoms. The SMILES string of the molecule is Cc1c(N)cc(C(=O)NC(C)CC(C)O)cc1F. The van der Waals surface area contributed by atoms with Crippen molar-refractivity contribution in [3.05, 3.63) is 29.1 Å². The summed E-state index contributed by atoms with van der Waals surface area (Å²) in [6.07, 6.45) is -0.0598. The highest BCUT2D eigenvalue weighted by molar-refractivity contribution is 5.95. The summed E-state index contributed by atoms with van der Waals surface area (Å²) in [6, 6.07) is 2.42. The number of carbonyl (C=O) groups excluding carboxylic acids is 1. The van der Waals surface area contributed by atoms with Gasteiger partial charge in [0.15, 0.2) is 0 Å². The first-order valence-electron chi connectivity index (χ1n) is 5.85. The number of anilines is 1. The highest BCUT2D eigenvalue weighted by atomic mass is 19.1. The highest BCUT2D eigenvalue weighted by Gasteiger charge is 2.14. The van der Waals surface area contributed by atoms with E-state index in [4.69, 9.17) is 5.73 Å². The maximum atomic E-state index is 13.4. The van der Waals surface area contributed by atoms with Crippen LogP contribution in [-0.4, -0.2) is 23.2 Å². The zero-order valence-electron chi connectivity index (χ0n) is 10.8. The van der Waals surface area contributed by atoms with Gasteiger partial charge in [-0.05, 0) is 39.3 Å². The van der Waals surface area contributed by atoms with Crippen LogP contribution in [0.2, 0.25) is 0 Å². The molecule has 4 nitrogen and oxygen atoms in total. The normalized spacial score (nSPS) is 14.1. The number of nitrogens with one attached hydrogen (secondary N) is 1. The average Bonchev–Trinajstić information content (AvgIpc) is 2.23. The number of benzene rings is 1. The van der Waals surface area contributed by atoms with Gasteiger partial charge in [-0.25, -0.2) is 4.39 Å². The summed E-state index contributed by atoms with van der Waals surface area (Å²) in [4.78, 5) is 11.8. The fraction of sp³-hybridized carbons (Fsp3) is 0.462. The number of hydrogen-bond donors (Lipinski definition) is 3. The van der Waals surface area contributed by atoms with E-state index in [1.165, 1.54) is 6.07 Å². The van der Waals surface area contributed by atoms with Gasteiger partial charge in [0, 0.05) is 22.9 Å². The molecule has 1 aromatic rings. The van der Waals surface area contributed by atoms with Crippen molar-refractivity contribution in [1.29, 1.82) is 0 Å². The molecule has 4 N–H and O–H groups in total. The lowest BCUT2D eigenvalue weighted by molar-refractivity contribution is 0.0922. The molecule has 0 aromatic heterocycles. The molecule has 1 aromatic carbocycles. The van der Waals surface area contributed by atoms with Gasteiger partial charge in [-0.3, -0.25) is 4.79 Å². The van der Waals surface area contributed by atoms with E-state index in [0.29, 0.717) is 12.0 Å². The van der Waals surface area contributed by atoms with E-state index in [1.807, 2.05) is 0 Å². The van der Waals surface area contributed by atoms with Crippen molar-refractivity contribution in [2.75, 3.05) is 5.73 Å². The van der Waals surface area contributed by atoms with Gasteiger partial charge in [0.2, 0.25) is 0 Å². The molecule has 1 rings (SSSR count). The standard InChI is InChI=1S/C13H19FN2O2/c1-7(4-8(2)17)16-13(18)10-5-11(14)9(3)12(15)6-10/h5-8,17H,4,15H2,1-3H3,(H,16,18). The molecule has 100 valence electrons. The summed E-state index contributed by atoms with van der Waals surface area (Å²) in [5.41, 5.74) is 6.39. The number of nitrogen functional groups attached to an aromatic ring is 1. The number of nitrogens with two attached hydrogens (primary N) is 1. The van der Waals surface area contributed by atoms with Crippen molar-refractivity contribution in [2.24, 2.45) is 0 Å². The second kappa shape index (κ2) is 5.82. The third-order valence-corrected chi connectivity index (χ3v) is 2.72. The predicted octanol–water partition coefficient (Wildman–Crippen LogP) is 1.61. The molecule has 2 atom stereocenters. The lowest BCUT2D eigenvalue weighted by Crippen LogP contribution is -2.34. The second-order valence-electron chi connectivity index (χ2n) is 4.63. The predicted molar refractivity (Wildman–Crippen MR) is 68.8 cm³/mol. The summed E-state index contributed by atoms with van der Waals surface area (Å²) < 4.78 is 13.4. The summed E-state index contributed by atoms with van der Waals surface area (Å²) in [5.74, 6) is -0.892. The molecular formula is C13H19FN2O2. The summed E-state index contributed by atoms with van der Waals surface area (Å²) in [6.45, 7) is 4.98. The number of halogens is 1. The first-order chi connectivity index (χ1) is 8.31. The summed E-state index contributed by atoms with van der Waals surface area (Å²) >= 11 is 0. The molecule has 0 aliphatic carbocycles. The number of amides is 1. The van der Waals surface area contributed by atoms with Crippen LogP contribution >= 0.6 is 0 Å². The second-order valence-corrected chi connectivity index (χ2v) is 4.63. The number of aliphatic hydroxyl groups excluding tert-OH is 1. The lowest BCUT2D eigenvalue weighted by atomic mass is 10.1. The van der Waals surface area contributed by atoms with Gasteiger partial charge in [0.05, 0.1) is 6.10 Å². The molecule has 0 saturated heterocycles. The number of carbonyl (C=O) groups is 1. The molecule has 0 aliphatic heterocycles. The highest BCUT2D eigenvalue weighted by Crippen LogP contribution is 2.17. The summed E-state index contributed by atoms with van der Waals surface area (Å²) in [7, 11) is 0. The van der Waals surface area contributed by atoms with Crippen LogP contribution in [0.25, 0.3) is 0 Å². The molecule has 5 heteroatoms. The molecular weight excluding hydrogens is 235 g/mol. The number of hydrogen-bond acceptors (Lipinski definition) is 3. The van der Waals surface area contributed by atoms with E-state index < -0.39 is 17.8 Å². The maximum absolute atomic E-state index is 13.4. The number of aliphatic hydroxyl groups is 1. The van der Waals surface area contributed by atoms with Crippen LogP contribution in [-0.2, 0) is 0 Å². The van der Waals surface area contributed by atoms with Gasteiger partial charge in [-0.15, -0.1) is 0 Å². The fourth-order valence-electron chi connectivity index (χ4n) is 1.71. The largest absolute Gasteiger partial charge is 0.398 e. The molecule has 0 heterocycles. The molecule has 0 saturated carbocycles. The van der Waals surface area contributed by atoms with Crippen molar-refractivity contribution >= 4 is 11.6 Å². The maximum Gasteiger partial charge on any atom is 0.251 e. The third-order valence-electron chi connectivity index (χ3n) is 2.72. The van der Waals surface area contributed by atoms with Crippen LogP contribution in [0.3, 0.4) is 0 Å². The van der Waals surface area contributed by atoms with Crippen molar-refractivity contribution in [2.45, 2.75) is 39.3 Å². The van der Waals surface area contributed by atoms with Crippen LogP contribution in [0, 0.1) is 12.7 Å². The van der Waals surface area contributed by atoms with Gasteiger partial charge in [0.25, 0.3) is 5.91 Å². The molecule has 0 fully saturated rings. The zero-order chi connectivity index (χ0) is 13.9. The van der Waals surface area contributed by atoms with Crippen molar-refractivity contribution in [3.8, 4) is 0 Å². The molecule has 2 unspecified atom stereocenters. The Morgan fingerprint density at radius 1 is 1.50 bits per heavy atom. The molecule has 0 radical (unpaired) electrons. The molecule has 0 bridgehead atoms. The van der Waals surface area contributed by atoms with Crippen molar-refractivity contribution in [1.82, 2.24) is 5.32 Å². The Kier molecular flexibility index (Phi) is 4.67. The Hall–Kier alpha value is -1.62. The van der Waals surface area contributed by atoms with Gasteiger partial charge in [0.1, 0.15) is 5.82 Å². The van der Waals surface area contributed by atoms with Crippen LogP contribution in [0.5, 0.6) is 0 Å². The third kappa shape index (κ3) is 3.70. The Bertz CT molecular complexity index is 424. The Labute approximate surface area is 106 Å². The first-order valence-corrected chi connectivity index (χ1v) is 5.85. The van der Waals surface area contributed by atoms with E-state index in [0.717, 1.165) is 6.07 Å². The minimum Gasteiger partial charge on any atom is -0.398 e. The topological polar surface area (TPSA) is 75.4 Å². The first kappa shape index (κ1) is 14.4. The number of rotatable bonds is 4. The minimum atomic E-state index is -0.500. The Morgan fingerprint density at radius 2 is 2.11 bits per heavy atom. The monoisotopic (exact) mass is 254 g/mol. The van der Waals surface area contributed by atoms with Gasteiger partial charge in [-0.1, -0.05) is 0 Å². The fourth-order valence-corrected chi connectivity index (χ4v) is 1.71. The van der Waals surface area contributed by atoms with Crippen LogP contribution in [0.15, 0.2) is 12.1 Å². The van der Waals surface area contributed by atoms with Gasteiger partial charge in [-0.2, -0.15) is 0 Å². The Balaban J connectivity index is 2.79. The van der Waals surface area contributed by atoms with E-state index >= 15 is 0 Å². The molecule has 0 aliphatic rings. The van der Waals surface area contributed by atoms with E-state index in [9.17, 15) is 14.3 Å². The van der Waals surface area contributed by atoms with E-state index in [1.54, 1.807) is 20.8 Å². The summed E-state index contributed by atoms with van der Waals surface area (Å²) in [5, 5.41) is 11.9. The quantitative estimate of drug-likeness (QED) is 0.714. The smallest absolute Gasteiger partial charge is 0.251 e. The Morgan fingerprint density at radius 3 is 2.61 bits per heavy atom. The van der Waals surface area contributed by atoms with Crippen molar-refractivity contribution in [3.63, 3.8) is 0 Å². The minimum absolute atomic E-state index is 0.188. The molecule has 0 spiro atoms. The molecule has 1 amide bonds. The van der Waals surface area contributed by atoms with Crippen LogP contribution in [0.1, 0.15) is 36.2 Å². The van der Waals surface area contributed by atoms with Crippen LogP contribution < -0.4 is 11.1 Å². The van der Waals surface area contributed by atoms with E-state index in [2.05, 4.69) is 5.32 Å². The lowest BCUT2D eigenvalue weighted by Gasteiger charge is -2.16. The van der Waals surface area contributed by atoms with Gasteiger partial charge >= 0.3 is 0 Å². The van der Waals surface area contributed by atoms with Crippen LogP contribution in [0.4, 0.5) is 10.1 Å². The average molecular weight is 254 g/mol. The van der Waals surface area contributed by atoms with Gasteiger partial charge < -0.3 is 16.2 Å².